The Morgan fingerprint density at radius 3 is 2.61 bits per heavy atom. The molecule has 3 N–H and O–H groups in total. The van der Waals surface area contributed by atoms with Gasteiger partial charge < -0.3 is 10.5 Å². The molecule has 3 rings (SSSR count). The number of nitrogens with two attached hydrogens (primary N) is 1. The van der Waals surface area contributed by atoms with Gasteiger partial charge in [0.2, 0.25) is 5.91 Å². The molecule has 0 aliphatic heterocycles. The Bertz CT molecular complexity index is 1210. The highest BCUT2D eigenvalue weighted by Crippen LogP contribution is 2.21. The lowest BCUT2D eigenvalue weighted by molar-refractivity contribution is -0.119. The largest absolute Gasteiger partial charge is 0.493 e. The molecule has 174 valence electrons. The zero-order valence-corrected chi connectivity index (χ0v) is 18.4. The van der Waals surface area contributed by atoms with Crippen LogP contribution in [0.3, 0.4) is 0 Å². The molecular weight excluding hydrogens is 427 g/mol. The van der Waals surface area contributed by atoms with Crippen LogP contribution in [0.5, 0.6) is 5.75 Å². The number of hydrogen-bond acceptors (Lipinski definition) is 5. The molecule has 1 aromatic heterocycles. The maximum atomic E-state index is 13.4. The van der Waals surface area contributed by atoms with Gasteiger partial charge in [-0.25, -0.2) is 9.18 Å². The summed E-state index contributed by atoms with van der Waals surface area (Å²) >= 11 is 0. The van der Waals surface area contributed by atoms with Crippen LogP contribution in [-0.4, -0.2) is 22.1 Å². The van der Waals surface area contributed by atoms with E-state index in [9.17, 15) is 18.8 Å². The van der Waals surface area contributed by atoms with Crippen LogP contribution in [-0.2, 0) is 17.9 Å². The lowest BCUT2D eigenvalue weighted by Crippen LogP contribution is -2.41. The highest BCUT2D eigenvalue weighted by atomic mass is 19.1. The molecule has 2 aromatic carbocycles. The zero-order chi connectivity index (χ0) is 23.8. The standard InChI is InChI=1S/C24H27FN4O4/c1-2-3-13-28-22(26)21(23(31)27-24(28)32)29(16-17-8-5-4-6-9-17)20(30)12-14-33-19-11-7-10-18(25)15-19/h4-11,15H,2-3,12-14,16,26H2,1H3,(H,27,31,32). The van der Waals surface area contributed by atoms with E-state index >= 15 is 0 Å². The van der Waals surface area contributed by atoms with Gasteiger partial charge in [-0.05, 0) is 24.1 Å². The molecule has 0 unspecified atom stereocenters. The normalized spacial score (nSPS) is 10.7. The molecule has 1 amide bonds. The maximum Gasteiger partial charge on any atom is 0.330 e. The molecule has 0 bridgehead atoms. The number of amides is 1. The van der Waals surface area contributed by atoms with Gasteiger partial charge in [0.25, 0.3) is 5.56 Å². The van der Waals surface area contributed by atoms with E-state index in [1.54, 1.807) is 6.07 Å². The van der Waals surface area contributed by atoms with Gasteiger partial charge in [0.15, 0.2) is 5.69 Å². The van der Waals surface area contributed by atoms with E-state index in [0.717, 1.165) is 12.0 Å². The number of carbonyl (C=O) groups is 1. The zero-order valence-electron chi connectivity index (χ0n) is 18.4. The molecule has 0 aliphatic rings. The lowest BCUT2D eigenvalue weighted by atomic mass is 10.2. The number of aromatic amines is 1. The number of nitrogens with one attached hydrogen (secondary N) is 1. The van der Waals surface area contributed by atoms with Crippen molar-refractivity contribution in [2.75, 3.05) is 17.2 Å². The third-order valence-electron chi connectivity index (χ3n) is 5.08. The van der Waals surface area contributed by atoms with E-state index in [2.05, 4.69) is 4.98 Å². The Hall–Kier alpha value is -3.88. The first-order valence-corrected chi connectivity index (χ1v) is 10.8. The first kappa shape index (κ1) is 23.8. The van der Waals surface area contributed by atoms with E-state index < -0.39 is 23.0 Å². The molecule has 0 saturated carbocycles. The van der Waals surface area contributed by atoms with Crippen LogP contribution in [0.25, 0.3) is 0 Å². The second-order valence-electron chi connectivity index (χ2n) is 7.52. The van der Waals surface area contributed by atoms with Crippen molar-refractivity contribution in [3.63, 3.8) is 0 Å². The number of aromatic nitrogens is 2. The summed E-state index contributed by atoms with van der Waals surface area (Å²) in [6.07, 6.45) is 1.42. The summed E-state index contributed by atoms with van der Waals surface area (Å²) in [5, 5.41) is 0. The minimum Gasteiger partial charge on any atom is -0.493 e. The van der Waals surface area contributed by atoms with Crippen molar-refractivity contribution >= 4 is 17.4 Å². The first-order chi connectivity index (χ1) is 15.9. The van der Waals surface area contributed by atoms with Crippen LogP contribution >= 0.6 is 0 Å². The summed E-state index contributed by atoms with van der Waals surface area (Å²) in [5.41, 5.74) is 5.58. The van der Waals surface area contributed by atoms with Gasteiger partial charge in [0.1, 0.15) is 17.4 Å². The minimum absolute atomic E-state index is 0.0269. The number of carbonyl (C=O) groups excluding carboxylic acids is 1. The molecule has 3 aromatic rings. The summed E-state index contributed by atoms with van der Waals surface area (Å²) < 4.78 is 20.1. The maximum absolute atomic E-state index is 13.4. The molecule has 8 nitrogen and oxygen atoms in total. The molecular formula is C24H27FN4O4. The average Bonchev–Trinajstić information content (AvgIpc) is 2.79. The van der Waals surface area contributed by atoms with Crippen LogP contribution in [0.1, 0.15) is 31.7 Å². The van der Waals surface area contributed by atoms with E-state index in [1.165, 1.54) is 27.7 Å². The fourth-order valence-electron chi connectivity index (χ4n) is 3.38. The third kappa shape index (κ3) is 6.09. The van der Waals surface area contributed by atoms with Gasteiger partial charge in [0.05, 0.1) is 19.6 Å². The van der Waals surface area contributed by atoms with Crippen LogP contribution in [0, 0.1) is 5.82 Å². The van der Waals surface area contributed by atoms with Crippen molar-refractivity contribution < 1.29 is 13.9 Å². The molecule has 0 atom stereocenters. The molecule has 0 aliphatic carbocycles. The quantitative estimate of drug-likeness (QED) is 0.489. The van der Waals surface area contributed by atoms with Gasteiger partial charge >= 0.3 is 5.69 Å². The van der Waals surface area contributed by atoms with Crippen molar-refractivity contribution in [1.29, 1.82) is 0 Å². The Labute approximate surface area is 190 Å². The number of anilines is 2. The number of rotatable bonds is 10. The van der Waals surface area contributed by atoms with Crippen LogP contribution in [0.4, 0.5) is 15.9 Å². The average molecular weight is 455 g/mol. The topological polar surface area (TPSA) is 110 Å². The SMILES string of the molecule is CCCCn1c(N)c(N(Cc2ccccc2)C(=O)CCOc2cccc(F)c2)c(=O)[nH]c1=O. The van der Waals surface area contributed by atoms with Crippen molar-refractivity contribution in [2.24, 2.45) is 0 Å². The van der Waals surface area contributed by atoms with Crippen molar-refractivity contribution in [1.82, 2.24) is 9.55 Å². The number of halogens is 1. The number of hydrogen-bond donors (Lipinski definition) is 2. The van der Waals surface area contributed by atoms with Crippen molar-refractivity contribution in [3.05, 3.63) is 86.8 Å². The van der Waals surface area contributed by atoms with Gasteiger partial charge in [-0.2, -0.15) is 0 Å². The van der Waals surface area contributed by atoms with Gasteiger partial charge in [-0.1, -0.05) is 49.7 Å². The highest BCUT2D eigenvalue weighted by molar-refractivity contribution is 5.95. The molecule has 0 radical (unpaired) electrons. The molecule has 1 heterocycles. The summed E-state index contributed by atoms with van der Waals surface area (Å²) in [5.74, 6) is -0.637. The summed E-state index contributed by atoms with van der Waals surface area (Å²) in [6.45, 7) is 2.35. The number of H-pyrrole nitrogens is 1. The summed E-state index contributed by atoms with van der Waals surface area (Å²) in [4.78, 5) is 41.8. The molecule has 33 heavy (non-hydrogen) atoms. The highest BCUT2D eigenvalue weighted by Gasteiger charge is 2.24. The number of nitrogen functional groups attached to an aromatic ring is 1. The predicted octanol–water partition coefficient (Wildman–Crippen LogP) is 3.06. The third-order valence-corrected chi connectivity index (χ3v) is 5.08. The van der Waals surface area contributed by atoms with E-state index in [1.807, 2.05) is 37.3 Å². The fraction of sp³-hybridized carbons (Fsp3) is 0.292. The van der Waals surface area contributed by atoms with Crippen LogP contribution < -0.4 is 26.6 Å². The number of benzene rings is 2. The Kier molecular flexibility index (Phi) is 8.01. The van der Waals surface area contributed by atoms with E-state index in [0.29, 0.717) is 18.7 Å². The van der Waals surface area contributed by atoms with Crippen molar-refractivity contribution in [2.45, 2.75) is 39.3 Å². The number of nitrogens with zero attached hydrogens (tertiary/aromatic N) is 2. The van der Waals surface area contributed by atoms with Crippen LogP contribution in [0.2, 0.25) is 0 Å². The summed E-state index contributed by atoms with van der Waals surface area (Å²) in [6, 6.07) is 14.7. The molecule has 0 spiro atoms. The first-order valence-electron chi connectivity index (χ1n) is 10.8. The van der Waals surface area contributed by atoms with Gasteiger partial charge in [-0.3, -0.25) is 24.0 Å². The Balaban J connectivity index is 1.90. The second kappa shape index (κ2) is 11.1. The van der Waals surface area contributed by atoms with E-state index in [4.69, 9.17) is 10.5 Å². The van der Waals surface area contributed by atoms with Crippen LogP contribution in [0.15, 0.2) is 64.2 Å². The smallest absolute Gasteiger partial charge is 0.330 e. The lowest BCUT2D eigenvalue weighted by Gasteiger charge is -2.25. The van der Waals surface area contributed by atoms with E-state index in [-0.39, 0.29) is 31.1 Å². The van der Waals surface area contributed by atoms with Gasteiger partial charge in [0, 0.05) is 12.6 Å². The monoisotopic (exact) mass is 454 g/mol. The fourth-order valence-corrected chi connectivity index (χ4v) is 3.38. The second-order valence-corrected chi connectivity index (χ2v) is 7.52. The van der Waals surface area contributed by atoms with Crippen molar-refractivity contribution in [3.8, 4) is 5.75 Å². The Morgan fingerprint density at radius 1 is 1.15 bits per heavy atom. The van der Waals surface area contributed by atoms with Gasteiger partial charge in [-0.15, -0.1) is 0 Å². The molecule has 9 heteroatoms. The number of ether oxygens (including phenoxy) is 1. The Morgan fingerprint density at radius 2 is 1.91 bits per heavy atom. The molecule has 0 fully saturated rings. The number of unbranched alkanes of at least 4 members (excludes halogenated alkanes) is 1. The summed E-state index contributed by atoms with van der Waals surface area (Å²) in [7, 11) is 0. The molecule has 0 saturated heterocycles. The minimum atomic E-state index is -0.736. The predicted molar refractivity (Wildman–Crippen MR) is 125 cm³/mol.